The minimum absolute atomic E-state index is 0.00527. The molecule has 7 atom stereocenters. The first kappa shape index (κ1) is 31.1. The molecule has 1 aliphatic heterocycles. The average Bonchev–Trinajstić information content (AvgIpc) is 3.31. The number of aliphatic hydroxyl groups excluding tert-OH is 1. The first-order valence-corrected chi connectivity index (χ1v) is 15.6. The molecular weight excluding hydrogens is 576 g/mol. The Labute approximate surface area is 262 Å². The van der Waals surface area contributed by atoms with E-state index in [1.54, 1.807) is 26.2 Å². The van der Waals surface area contributed by atoms with Crippen molar-refractivity contribution in [2.24, 2.45) is 27.6 Å². The van der Waals surface area contributed by atoms with Crippen LogP contribution in [0.25, 0.3) is 0 Å². The Morgan fingerprint density at radius 2 is 1.80 bits per heavy atom. The predicted molar refractivity (Wildman–Crippen MR) is 164 cm³/mol. The lowest BCUT2D eigenvalue weighted by molar-refractivity contribution is -0.162. The number of ether oxygens (including phenoxy) is 2. The van der Waals surface area contributed by atoms with E-state index in [2.05, 4.69) is 13.8 Å². The minimum atomic E-state index is -0.901. The zero-order valence-electron chi connectivity index (χ0n) is 26.9. The van der Waals surface area contributed by atoms with Gasteiger partial charge < -0.3 is 29.2 Å². The summed E-state index contributed by atoms with van der Waals surface area (Å²) < 4.78 is 16.6. The molecular formula is C36H42O9. The second kappa shape index (κ2) is 9.82. The number of carbonyl (C=O) groups is 3. The highest BCUT2D eigenvalue weighted by Crippen LogP contribution is 2.81. The smallest absolute Gasteiger partial charge is 0.342 e. The van der Waals surface area contributed by atoms with Crippen LogP contribution in [-0.2, 0) is 19.1 Å². The molecule has 1 spiro atoms. The Hall–Kier alpha value is -3.85. The molecule has 9 nitrogen and oxygen atoms in total. The summed E-state index contributed by atoms with van der Waals surface area (Å²) in [7, 11) is 0. The molecule has 240 valence electrons. The van der Waals surface area contributed by atoms with E-state index in [0.717, 1.165) is 25.3 Å². The third kappa shape index (κ3) is 3.85. The van der Waals surface area contributed by atoms with Crippen LogP contribution in [0.3, 0.4) is 0 Å². The molecule has 5 aliphatic rings. The fourth-order valence-corrected chi connectivity index (χ4v) is 10.0. The number of fused-ring (bicyclic) bond motifs is 3. The standard InChI is InChI=1S/C26H30O5.C10H12O4/c1-22(2)17(27)7-9-23(3)16-6-10-24(4)15(14-8-11-30-13-14)12-18-26(24,31-18)25(16,5)21(29)19(28)20(22)23;1-3-14-10(13)9-6(2)4-7(11)5-8(9)12/h7-9,11,13,15-16,18,28H,6,10,12H2,1-5H3;4-5,11-12H,3H2,1-2H3. The summed E-state index contributed by atoms with van der Waals surface area (Å²) in [5.41, 5.74) is -0.811. The number of benzene rings is 1. The fourth-order valence-electron chi connectivity index (χ4n) is 10.0. The SMILES string of the molecule is CC1(C)C(=O)C=CC2(C)C1=C(O)C(=O)C1(C)C2CCC2(C)C(c3ccoc3)CC3OC321.CCOC(=O)c1c(C)cc(O)cc1O. The molecule has 0 bridgehead atoms. The number of epoxide rings is 1. The molecule has 1 aromatic carbocycles. The van der Waals surface area contributed by atoms with Crippen LogP contribution in [0, 0.1) is 34.5 Å². The van der Waals surface area contributed by atoms with Gasteiger partial charge >= 0.3 is 5.97 Å². The van der Waals surface area contributed by atoms with Gasteiger partial charge in [-0.1, -0.05) is 19.9 Å². The highest BCUT2D eigenvalue weighted by Gasteiger charge is 2.87. The minimum Gasteiger partial charge on any atom is -0.508 e. The number of esters is 1. The quantitative estimate of drug-likeness (QED) is 0.260. The first-order valence-electron chi connectivity index (χ1n) is 15.6. The van der Waals surface area contributed by atoms with Gasteiger partial charge in [-0.2, -0.15) is 0 Å². The lowest BCUT2D eigenvalue weighted by atomic mass is 9.39. The number of allylic oxidation sites excluding steroid dienone is 4. The maximum Gasteiger partial charge on any atom is 0.342 e. The summed E-state index contributed by atoms with van der Waals surface area (Å²) in [4.78, 5) is 38.1. The first-order chi connectivity index (χ1) is 21.0. The molecule has 2 aromatic rings. The van der Waals surface area contributed by atoms with Gasteiger partial charge in [-0.05, 0) is 101 Å². The molecule has 1 aromatic heterocycles. The Kier molecular flexibility index (Phi) is 6.80. The van der Waals surface area contributed by atoms with Crippen molar-refractivity contribution in [2.45, 2.75) is 85.4 Å². The number of hydrogen-bond donors (Lipinski definition) is 3. The summed E-state index contributed by atoms with van der Waals surface area (Å²) >= 11 is 0. The molecule has 2 heterocycles. The van der Waals surface area contributed by atoms with E-state index in [0.29, 0.717) is 11.1 Å². The lowest BCUT2D eigenvalue weighted by Crippen LogP contribution is -2.66. The van der Waals surface area contributed by atoms with E-state index in [9.17, 15) is 24.6 Å². The van der Waals surface area contributed by atoms with Gasteiger partial charge in [0.25, 0.3) is 0 Å². The van der Waals surface area contributed by atoms with Gasteiger partial charge in [0.1, 0.15) is 22.7 Å². The van der Waals surface area contributed by atoms with Crippen LogP contribution in [0.1, 0.15) is 88.2 Å². The topological polar surface area (TPSA) is 147 Å². The molecule has 0 amide bonds. The van der Waals surface area contributed by atoms with E-state index >= 15 is 0 Å². The Morgan fingerprint density at radius 3 is 2.42 bits per heavy atom. The summed E-state index contributed by atoms with van der Waals surface area (Å²) in [5.74, 6) is -1.23. The van der Waals surface area contributed by atoms with Gasteiger partial charge in [-0.25, -0.2) is 4.79 Å². The summed E-state index contributed by atoms with van der Waals surface area (Å²) in [6.45, 7) is 13.6. The molecule has 3 N–H and O–H groups in total. The third-order valence-corrected chi connectivity index (χ3v) is 11.9. The van der Waals surface area contributed by atoms with Crippen LogP contribution in [0.4, 0.5) is 0 Å². The lowest BCUT2D eigenvalue weighted by Gasteiger charge is -2.62. The fraction of sp³-hybridized carbons (Fsp3) is 0.528. The number of hydrogen-bond acceptors (Lipinski definition) is 9. The summed E-state index contributed by atoms with van der Waals surface area (Å²) in [6, 6.07) is 4.53. The van der Waals surface area contributed by atoms with Crippen LogP contribution in [0.2, 0.25) is 0 Å². The van der Waals surface area contributed by atoms with E-state index in [4.69, 9.17) is 19.0 Å². The highest BCUT2D eigenvalue weighted by molar-refractivity contribution is 6.06. The molecule has 4 aliphatic carbocycles. The largest absolute Gasteiger partial charge is 0.508 e. The second-order valence-electron chi connectivity index (χ2n) is 14.4. The number of aromatic hydroxyl groups is 2. The third-order valence-electron chi connectivity index (χ3n) is 11.9. The molecule has 3 fully saturated rings. The maximum atomic E-state index is 14.0. The number of furan rings is 1. The van der Waals surface area contributed by atoms with Crippen molar-refractivity contribution in [3.05, 3.63) is 70.9 Å². The van der Waals surface area contributed by atoms with Crippen molar-refractivity contribution < 1.29 is 43.6 Å². The van der Waals surface area contributed by atoms with Crippen LogP contribution in [-0.4, -0.2) is 51.2 Å². The van der Waals surface area contributed by atoms with Gasteiger partial charge in [-0.15, -0.1) is 0 Å². The van der Waals surface area contributed by atoms with Crippen molar-refractivity contribution >= 4 is 17.5 Å². The van der Waals surface area contributed by atoms with Crippen LogP contribution < -0.4 is 0 Å². The molecule has 9 heteroatoms. The van der Waals surface area contributed by atoms with Gasteiger partial charge in [-0.3, -0.25) is 9.59 Å². The molecule has 0 radical (unpaired) electrons. The number of phenolic OH excluding ortho intramolecular Hbond substituents is 2. The number of carbonyl (C=O) groups excluding carboxylic acids is 3. The number of rotatable bonds is 3. The zero-order valence-corrected chi connectivity index (χ0v) is 26.9. The number of ketones is 2. The van der Waals surface area contributed by atoms with Crippen LogP contribution in [0.15, 0.2) is 58.6 Å². The summed E-state index contributed by atoms with van der Waals surface area (Å²) in [6.07, 6.45) is 9.76. The zero-order chi connectivity index (χ0) is 32.9. The van der Waals surface area contributed by atoms with Crippen molar-refractivity contribution in [3.8, 4) is 11.5 Å². The summed E-state index contributed by atoms with van der Waals surface area (Å²) in [5, 5.41) is 29.9. The van der Waals surface area contributed by atoms with Gasteiger partial charge in [0.2, 0.25) is 5.78 Å². The van der Waals surface area contributed by atoms with Crippen molar-refractivity contribution in [2.75, 3.05) is 6.61 Å². The van der Waals surface area contributed by atoms with E-state index in [-0.39, 0.29) is 64.3 Å². The molecule has 1 saturated heterocycles. The molecule has 2 saturated carbocycles. The Balaban J connectivity index is 0.000000216. The monoisotopic (exact) mass is 618 g/mol. The Morgan fingerprint density at radius 1 is 1.09 bits per heavy atom. The van der Waals surface area contributed by atoms with Gasteiger partial charge in [0.15, 0.2) is 11.5 Å². The molecule has 7 unspecified atom stereocenters. The van der Waals surface area contributed by atoms with E-state index < -0.39 is 27.8 Å². The van der Waals surface area contributed by atoms with Crippen LogP contribution in [0.5, 0.6) is 11.5 Å². The van der Waals surface area contributed by atoms with Crippen LogP contribution >= 0.6 is 0 Å². The average molecular weight is 619 g/mol. The highest BCUT2D eigenvalue weighted by atomic mass is 16.6. The van der Waals surface area contributed by atoms with E-state index in [1.807, 2.05) is 39.2 Å². The van der Waals surface area contributed by atoms with Gasteiger partial charge in [0.05, 0.1) is 36.1 Å². The number of aliphatic hydroxyl groups is 1. The number of Topliss-reactive ketones (excluding diaryl/α,β-unsaturated/α-hetero) is 1. The maximum absolute atomic E-state index is 14.0. The number of phenols is 2. The number of aryl methyl sites for hydroxylation is 1. The van der Waals surface area contributed by atoms with Gasteiger partial charge in [0, 0.05) is 16.9 Å². The van der Waals surface area contributed by atoms with E-state index in [1.165, 1.54) is 11.6 Å². The predicted octanol–water partition coefficient (Wildman–Crippen LogP) is 6.48. The second-order valence-corrected chi connectivity index (χ2v) is 14.4. The van der Waals surface area contributed by atoms with Crippen molar-refractivity contribution in [3.63, 3.8) is 0 Å². The normalized spacial score (nSPS) is 37.1. The van der Waals surface area contributed by atoms with Crippen molar-refractivity contribution in [1.82, 2.24) is 0 Å². The Bertz CT molecular complexity index is 1640. The molecule has 45 heavy (non-hydrogen) atoms. The molecule has 7 rings (SSSR count). The van der Waals surface area contributed by atoms with Crippen molar-refractivity contribution in [1.29, 1.82) is 0 Å².